The average Bonchev–Trinajstić information content (AvgIpc) is 2.75. The fourth-order valence-electron chi connectivity index (χ4n) is 3.24. The lowest BCUT2D eigenvalue weighted by Gasteiger charge is -2.25. The van der Waals surface area contributed by atoms with Crippen LogP contribution in [-0.4, -0.2) is 38.6 Å². The first-order chi connectivity index (χ1) is 14.3. The Hall–Kier alpha value is -1.68. The van der Waals surface area contributed by atoms with Gasteiger partial charge in [0, 0.05) is 26.1 Å². The van der Waals surface area contributed by atoms with Crippen LogP contribution in [0.1, 0.15) is 50.7 Å². The van der Waals surface area contributed by atoms with Gasteiger partial charge in [0.25, 0.3) is 0 Å². The van der Waals surface area contributed by atoms with Crippen molar-refractivity contribution in [3.05, 3.63) is 71.8 Å². The van der Waals surface area contributed by atoms with Crippen LogP contribution in [0, 0.1) is 0 Å². The first-order valence-electron chi connectivity index (χ1n) is 11.2. The topological polar surface area (TPSA) is 27.7 Å². The maximum Gasteiger partial charge on any atom is 0.0853 e. The van der Waals surface area contributed by atoms with Gasteiger partial charge in [0.1, 0.15) is 0 Å². The third-order valence-electron chi connectivity index (χ3n) is 4.89. The predicted octanol–water partition coefficient (Wildman–Crippen LogP) is 5.86. The zero-order chi connectivity index (χ0) is 20.6. The summed E-state index contributed by atoms with van der Waals surface area (Å²) in [5.74, 6) is 0. The number of hydrogen-bond acceptors (Lipinski definition) is 3. The Bertz CT molecular complexity index is 559. The molecule has 0 aliphatic heterocycles. The minimum atomic E-state index is 0.0257. The summed E-state index contributed by atoms with van der Waals surface area (Å²) in [6.07, 6.45) is 6.23. The Morgan fingerprint density at radius 3 is 1.41 bits per heavy atom. The smallest absolute Gasteiger partial charge is 0.0853 e. The van der Waals surface area contributed by atoms with Crippen molar-refractivity contribution < 1.29 is 14.2 Å². The first kappa shape index (κ1) is 23.6. The molecule has 2 aromatic carbocycles. The molecule has 2 unspecified atom stereocenters. The van der Waals surface area contributed by atoms with Crippen molar-refractivity contribution in [3.63, 3.8) is 0 Å². The highest BCUT2D eigenvalue weighted by Crippen LogP contribution is 2.14. The largest absolute Gasteiger partial charge is 0.379 e. The molecule has 0 spiro atoms. The third-order valence-corrected chi connectivity index (χ3v) is 4.89. The number of rotatable bonds is 16. The van der Waals surface area contributed by atoms with E-state index in [0.29, 0.717) is 13.2 Å². The van der Waals surface area contributed by atoms with Gasteiger partial charge < -0.3 is 14.2 Å². The van der Waals surface area contributed by atoms with Gasteiger partial charge in [-0.2, -0.15) is 0 Å². The van der Waals surface area contributed by atoms with Crippen molar-refractivity contribution in [1.82, 2.24) is 0 Å². The summed E-state index contributed by atoms with van der Waals surface area (Å²) in [7, 11) is 0. The van der Waals surface area contributed by atoms with Crippen molar-refractivity contribution in [2.24, 2.45) is 0 Å². The number of hydrogen-bond donors (Lipinski definition) is 0. The molecule has 2 atom stereocenters. The van der Waals surface area contributed by atoms with Gasteiger partial charge in [-0.1, -0.05) is 87.4 Å². The van der Waals surface area contributed by atoms with E-state index in [4.69, 9.17) is 14.2 Å². The van der Waals surface area contributed by atoms with E-state index in [1.54, 1.807) is 0 Å². The average molecular weight is 399 g/mol. The summed E-state index contributed by atoms with van der Waals surface area (Å²) in [4.78, 5) is 0. The SMILES string of the molecule is CCCCOCC(Cc1ccccc1)OC(COCCCC)Cc1ccccc1. The van der Waals surface area contributed by atoms with E-state index in [9.17, 15) is 0 Å². The van der Waals surface area contributed by atoms with E-state index in [1.807, 2.05) is 0 Å². The van der Waals surface area contributed by atoms with Crippen LogP contribution in [0.4, 0.5) is 0 Å². The molecule has 0 bridgehead atoms. The highest BCUT2D eigenvalue weighted by Gasteiger charge is 2.19. The van der Waals surface area contributed by atoms with Gasteiger partial charge in [-0.15, -0.1) is 0 Å². The maximum absolute atomic E-state index is 6.57. The zero-order valence-corrected chi connectivity index (χ0v) is 18.2. The van der Waals surface area contributed by atoms with Gasteiger partial charge in [-0.05, 0) is 24.0 Å². The van der Waals surface area contributed by atoms with Gasteiger partial charge in [0.15, 0.2) is 0 Å². The molecular weight excluding hydrogens is 360 g/mol. The summed E-state index contributed by atoms with van der Waals surface area (Å²) < 4.78 is 18.4. The van der Waals surface area contributed by atoms with E-state index in [1.165, 1.54) is 11.1 Å². The van der Waals surface area contributed by atoms with E-state index in [0.717, 1.165) is 51.7 Å². The van der Waals surface area contributed by atoms with E-state index >= 15 is 0 Å². The molecule has 0 aliphatic rings. The molecule has 0 amide bonds. The Morgan fingerprint density at radius 1 is 0.621 bits per heavy atom. The third kappa shape index (κ3) is 10.6. The van der Waals surface area contributed by atoms with Crippen molar-refractivity contribution in [2.75, 3.05) is 26.4 Å². The zero-order valence-electron chi connectivity index (χ0n) is 18.2. The molecule has 0 saturated heterocycles. The summed E-state index contributed by atoms with van der Waals surface area (Å²) in [6, 6.07) is 21.1. The Kier molecular flexibility index (Phi) is 12.4. The van der Waals surface area contributed by atoms with Gasteiger partial charge in [0.2, 0.25) is 0 Å². The van der Waals surface area contributed by atoms with Crippen molar-refractivity contribution in [1.29, 1.82) is 0 Å². The molecule has 0 N–H and O–H groups in total. The van der Waals surface area contributed by atoms with E-state index in [2.05, 4.69) is 74.5 Å². The van der Waals surface area contributed by atoms with E-state index < -0.39 is 0 Å². The minimum absolute atomic E-state index is 0.0257. The molecule has 2 aromatic rings. The summed E-state index contributed by atoms with van der Waals surface area (Å²) in [5, 5.41) is 0. The van der Waals surface area contributed by atoms with E-state index in [-0.39, 0.29) is 12.2 Å². The summed E-state index contributed by atoms with van der Waals surface area (Å²) >= 11 is 0. The fourth-order valence-corrected chi connectivity index (χ4v) is 3.24. The van der Waals surface area contributed by atoms with Crippen LogP contribution in [0.15, 0.2) is 60.7 Å². The predicted molar refractivity (Wildman–Crippen MR) is 120 cm³/mol. The van der Waals surface area contributed by atoms with Gasteiger partial charge in [0.05, 0.1) is 25.4 Å². The second-order valence-electron chi connectivity index (χ2n) is 7.62. The number of ether oxygens (including phenoxy) is 3. The maximum atomic E-state index is 6.57. The summed E-state index contributed by atoms with van der Waals surface area (Å²) in [6.45, 7) is 7.20. The highest BCUT2D eigenvalue weighted by atomic mass is 16.6. The normalized spacial score (nSPS) is 13.3. The molecular formula is C26H38O3. The molecule has 160 valence electrons. The second-order valence-corrected chi connectivity index (χ2v) is 7.62. The number of benzene rings is 2. The standard InChI is InChI=1S/C26H38O3/c1-3-5-17-27-21-25(19-23-13-9-7-10-14-23)29-26(22-28-18-6-4-2)20-24-15-11-8-12-16-24/h7-16,25-26H,3-6,17-22H2,1-2H3. The molecule has 0 heterocycles. The molecule has 3 nitrogen and oxygen atoms in total. The van der Waals surface area contributed by atoms with Crippen LogP contribution < -0.4 is 0 Å². The van der Waals surface area contributed by atoms with Crippen LogP contribution in [0.25, 0.3) is 0 Å². The monoisotopic (exact) mass is 398 g/mol. The molecule has 0 radical (unpaired) electrons. The molecule has 0 saturated carbocycles. The Labute approximate surface area is 177 Å². The van der Waals surface area contributed by atoms with Crippen molar-refractivity contribution in [2.45, 2.75) is 64.6 Å². The lowest BCUT2D eigenvalue weighted by molar-refractivity contribution is -0.0847. The Balaban J connectivity index is 1.99. The van der Waals surface area contributed by atoms with Crippen LogP contribution in [0.2, 0.25) is 0 Å². The molecule has 29 heavy (non-hydrogen) atoms. The van der Waals surface area contributed by atoms with Gasteiger partial charge in [-0.3, -0.25) is 0 Å². The lowest BCUT2D eigenvalue weighted by atomic mass is 10.1. The highest BCUT2D eigenvalue weighted by molar-refractivity contribution is 5.16. The van der Waals surface area contributed by atoms with Gasteiger partial charge in [-0.25, -0.2) is 0 Å². The van der Waals surface area contributed by atoms with Crippen LogP contribution in [0.5, 0.6) is 0 Å². The minimum Gasteiger partial charge on any atom is -0.379 e. The van der Waals surface area contributed by atoms with Crippen LogP contribution in [-0.2, 0) is 27.1 Å². The summed E-state index contributed by atoms with van der Waals surface area (Å²) in [5.41, 5.74) is 2.56. The van der Waals surface area contributed by atoms with Crippen molar-refractivity contribution in [3.8, 4) is 0 Å². The van der Waals surface area contributed by atoms with Crippen LogP contribution in [0.3, 0.4) is 0 Å². The molecule has 0 aliphatic carbocycles. The number of unbranched alkanes of at least 4 members (excludes halogenated alkanes) is 2. The molecule has 3 heteroatoms. The first-order valence-corrected chi connectivity index (χ1v) is 11.2. The Morgan fingerprint density at radius 2 is 1.03 bits per heavy atom. The van der Waals surface area contributed by atoms with Gasteiger partial charge >= 0.3 is 0 Å². The lowest BCUT2D eigenvalue weighted by Crippen LogP contribution is -2.33. The molecule has 0 fully saturated rings. The molecule has 2 rings (SSSR count). The molecule has 0 aromatic heterocycles. The second kappa shape index (κ2) is 15.2. The quantitative estimate of drug-likeness (QED) is 0.332. The van der Waals surface area contributed by atoms with Crippen LogP contribution >= 0.6 is 0 Å². The van der Waals surface area contributed by atoms with Crippen molar-refractivity contribution >= 4 is 0 Å². The fraction of sp³-hybridized carbons (Fsp3) is 0.538.